The van der Waals surface area contributed by atoms with E-state index in [4.69, 9.17) is 0 Å². The molecule has 0 unspecified atom stereocenters. The lowest BCUT2D eigenvalue weighted by Gasteiger charge is -2.31. The third-order valence-corrected chi connectivity index (χ3v) is 5.00. The molecule has 0 radical (unpaired) electrons. The van der Waals surface area contributed by atoms with Crippen LogP contribution in [0.5, 0.6) is 0 Å². The van der Waals surface area contributed by atoms with Crippen LogP contribution in [0.25, 0.3) is 0 Å². The summed E-state index contributed by atoms with van der Waals surface area (Å²) in [7, 11) is 2.23. The zero-order valence-corrected chi connectivity index (χ0v) is 13.3. The van der Waals surface area contributed by atoms with Gasteiger partial charge in [0.25, 0.3) is 0 Å². The Bertz CT molecular complexity index is 385. The number of carbonyl (C=O) groups is 1. The Hall–Kier alpha value is -0.870. The van der Waals surface area contributed by atoms with Crippen molar-refractivity contribution in [3.63, 3.8) is 0 Å². The maximum atomic E-state index is 11.7. The van der Waals surface area contributed by atoms with E-state index < -0.39 is 0 Å². The van der Waals surface area contributed by atoms with Crippen molar-refractivity contribution in [3.8, 4) is 0 Å². The van der Waals surface area contributed by atoms with Crippen molar-refractivity contribution in [3.05, 3.63) is 22.4 Å². The smallest absolute Gasteiger partial charge is 0.225 e. The van der Waals surface area contributed by atoms with E-state index in [0.717, 1.165) is 30.4 Å². The topological polar surface area (TPSA) is 32.3 Å². The normalized spacial score (nSPS) is 16.5. The highest BCUT2D eigenvalue weighted by Gasteiger charge is 2.17. The van der Waals surface area contributed by atoms with Gasteiger partial charge < -0.3 is 10.2 Å². The zero-order chi connectivity index (χ0) is 14.2. The summed E-state index contributed by atoms with van der Waals surface area (Å²) in [6, 6.07) is 4.78. The minimum atomic E-state index is 0.146. The Labute approximate surface area is 126 Å². The molecule has 0 aliphatic heterocycles. The second kappa shape index (κ2) is 8.42. The molecule has 0 saturated heterocycles. The second-order valence-electron chi connectivity index (χ2n) is 5.73. The van der Waals surface area contributed by atoms with Gasteiger partial charge in [0.15, 0.2) is 0 Å². The summed E-state index contributed by atoms with van der Waals surface area (Å²) in [6.45, 7) is 1.88. The van der Waals surface area contributed by atoms with Crippen LogP contribution >= 0.6 is 11.3 Å². The first-order valence-electron chi connectivity index (χ1n) is 7.75. The van der Waals surface area contributed by atoms with E-state index in [2.05, 4.69) is 17.3 Å². The van der Waals surface area contributed by atoms with Crippen molar-refractivity contribution < 1.29 is 4.79 Å². The molecule has 0 spiro atoms. The largest absolute Gasteiger partial charge is 0.356 e. The Balaban J connectivity index is 1.55. The highest BCUT2D eigenvalue weighted by molar-refractivity contribution is 7.10. The van der Waals surface area contributed by atoms with E-state index in [-0.39, 0.29) is 5.91 Å². The molecule has 1 aromatic heterocycles. The van der Waals surface area contributed by atoms with Crippen LogP contribution in [0.15, 0.2) is 17.5 Å². The molecule has 1 aliphatic rings. The highest BCUT2D eigenvalue weighted by Crippen LogP contribution is 2.21. The number of hydrogen-bond donors (Lipinski definition) is 1. The lowest BCUT2D eigenvalue weighted by atomic mass is 9.94. The van der Waals surface area contributed by atoms with Crippen LogP contribution in [0.3, 0.4) is 0 Å². The van der Waals surface area contributed by atoms with Gasteiger partial charge in [0.05, 0.1) is 6.42 Å². The first-order chi connectivity index (χ1) is 9.75. The van der Waals surface area contributed by atoms with Crippen molar-refractivity contribution >= 4 is 17.2 Å². The Kier molecular flexibility index (Phi) is 6.54. The van der Waals surface area contributed by atoms with Gasteiger partial charge in [-0.15, -0.1) is 11.3 Å². The summed E-state index contributed by atoms with van der Waals surface area (Å²) < 4.78 is 0. The third kappa shape index (κ3) is 5.25. The van der Waals surface area contributed by atoms with Gasteiger partial charge in [-0.25, -0.2) is 0 Å². The quantitative estimate of drug-likeness (QED) is 0.784. The number of nitrogens with one attached hydrogen (secondary N) is 1. The fraction of sp³-hybridized carbons (Fsp3) is 0.688. The first kappa shape index (κ1) is 15.5. The standard InChI is InChI=1S/C16H26N2OS/c1-18(14-7-3-2-4-8-14)11-6-10-17-16(19)13-15-9-5-12-20-15/h5,9,12,14H,2-4,6-8,10-11,13H2,1H3,(H,17,19). The van der Waals surface area contributed by atoms with Crippen LogP contribution in [0.2, 0.25) is 0 Å². The fourth-order valence-corrected chi connectivity index (χ4v) is 3.60. The van der Waals surface area contributed by atoms with Crippen LogP contribution in [0, 0.1) is 0 Å². The fourth-order valence-electron chi connectivity index (χ4n) is 2.89. The Morgan fingerprint density at radius 2 is 2.20 bits per heavy atom. The van der Waals surface area contributed by atoms with Crippen molar-refractivity contribution in [1.29, 1.82) is 0 Å². The summed E-state index contributed by atoms with van der Waals surface area (Å²) in [5, 5.41) is 5.04. The van der Waals surface area contributed by atoms with Gasteiger partial charge in [0.2, 0.25) is 5.91 Å². The minimum absolute atomic E-state index is 0.146. The molecule has 3 nitrogen and oxygen atoms in total. The van der Waals surface area contributed by atoms with E-state index in [1.54, 1.807) is 11.3 Å². The van der Waals surface area contributed by atoms with Crippen molar-refractivity contribution in [2.24, 2.45) is 0 Å². The molecule has 0 atom stereocenters. The van der Waals surface area contributed by atoms with E-state index in [0.29, 0.717) is 6.42 Å². The van der Waals surface area contributed by atoms with Gasteiger partial charge in [0.1, 0.15) is 0 Å². The molecule has 112 valence electrons. The molecule has 4 heteroatoms. The lowest BCUT2D eigenvalue weighted by molar-refractivity contribution is -0.120. The molecule has 1 amide bonds. The number of nitrogens with zero attached hydrogens (tertiary/aromatic N) is 1. The highest BCUT2D eigenvalue weighted by atomic mass is 32.1. The van der Waals surface area contributed by atoms with E-state index in [9.17, 15) is 4.79 Å². The molecule has 1 aliphatic carbocycles. The van der Waals surface area contributed by atoms with Crippen LogP contribution < -0.4 is 5.32 Å². The summed E-state index contributed by atoms with van der Waals surface area (Å²) in [5.74, 6) is 0.146. The molecule has 0 aromatic carbocycles. The summed E-state index contributed by atoms with van der Waals surface area (Å²) in [6.07, 6.45) is 8.43. The Morgan fingerprint density at radius 1 is 1.40 bits per heavy atom. The predicted molar refractivity (Wildman–Crippen MR) is 85.2 cm³/mol. The number of thiophene rings is 1. The van der Waals surface area contributed by atoms with E-state index in [1.165, 1.54) is 32.1 Å². The molecule has 1 fully saturated rings. The molecule has 1 saturated carbocycles. The SMILES string of the molecule is CN(CCCNC(=O)Cc1cccs1)C1CCCCC1. The van der Waals surface area contributed by atoms with Crippen molar-refractivity contribution in [2.45, 2.75) is 51.0 Å². The number of rotatable bonds is 7. The number of hydrogen-bond acceptors (Lipinski definition) is 3. The molecule has 1 N–H and O–H groups in total. The van der Waals surface area contributed by atoms with Crippen molar-refractivity contribution in [1.82, 2.24) is 10.2 Å². The first-order valence-corrected chi connectivity index (χ1v) is 8.63. The van der Waals surface area contributed by atoms with Gasteiger partial charge in [-0.1, -0.05) is 25.3 Å². The van der Waals surface area contributed by atoms with Gasteiger partial charge in [-0.05, 0) is 44.3 Å². The monoisotopic (exact) mass is 294 g/mol. The van der Waals surface area contributed by atoms with Gasteiger partial charge >= 0.3 is 0 Å². The molecular weight excluding hydrogens is 268 g/mol. The maximum Gasteiger partial charge on any atom is 0.225 e. The Morgan fingerprint density at radius 3 is 2.90 bits per heavy atom. The minimum Gasteiger partial charge on any atom is -0.356 e. The number of amides is 1. The summed E-state index contributed by atoms with van der Waals surface area (Å²) in [4.78, 5) is 15.4. The maximum absolute atomic E-state index is 11.7. The predicted octanol–water partition coefficient (Wildman–Crippen LogP) is 3.06. The van der Waals surface area contributed by atoms with Crippen LogP contribution in [0.4, 0.5) is 0 Å². The molecule has 2 rings (SSSR count). The molecular formula is C16H26N2OS. The molecule has 20 heavy (non-hydrogen) atoms. The molecule has 0 bridgehead atoms. The summed E-state index contributed by atoms with van der Waals surface area (Å²) >= 11 is 1.65. The van der Waals surface area contributed by atoms with Crippen molar-refractivity contribution in [2.75, 3.05) is 20.1 Å². The second-order valence-corrected chi connectivity index (χ2v) is 6.76. The van der Waals surface area contributed by atoms with E-state index in [1.807, 2.05) is 17.5 Å². The van der Waals surface area contributed by atoms with Gasteiger partial charge in [-0.3, -0.25) is 4.79 Å². The molecule has 1 aromatic rings. The lowest BCUT2D eigenvalue weighted by Crippen LogP contribution is -2.36. The van der Waals surface area contributed by atoms with Crippen LogP contribution in [0.1, 0.15) is 43.4 Å². The van der Waals surface area contributed by atoms with E-state index >= 15 is 0 Å². The van der Waals surface area contributed by atoms with Crippen LogP contribution in [-0.4, -0.2) is 37.0 Å². The number of carbonyl (C=O) groups excluding carboxylic acids is 1. The van der Waals surface area contributed by atoms with Crippen LogP contribution in [-0.2, 0) is 11.2 Å². The molecule has 1 heterocycles. The van der Waals surface area contributed by atoms with Gasteiger partial charge in [-0.2, -0.15) is 0 Å². The zero-order valence-electron chi connectivity index (χ0n) is 12.4. The third-order valence-electron chi connectivity index (χ3n) is 4.12. The van der Waals surface area contributed by atoms with Gasteiger partial charge in [0, 0.05) is 17.5 Å². The average Bonchev–Trinajstić information content (AvgIpc) is 2.97. The summed E-state index contributed by atoms with van der Waals surface area (Å²) in [5.41, 5.74) is 0. The average molecular weight is 294 g/mol.